The zero-order valence-corrected chi connectivity index (χ0v) is 7.69. The lowest BCUT2D eigenvalue weighted by atomic mass is 10.0. The van der Waals surface area contributed by atoms with E-state index in [1.807, 2.05) is 0 Å². The zero-order chi connectivity index (χ0) is 14.0. The predicted octanol–water partition coefficient (Wildman–Crippen LogP) is 1.87. The molecule has 0 heterocycles. The summed E-state index contributed by atoms with van der Waals surface area (Å²) in [5.41, 5.74) is -0.248. The van der Waals surface area contributed by atoms with E-state index in [9.17, 15) is 4.79 Å². The van der Waals surface area contributed by atoms with Crippen molar-refractivity contribution in [1.82, 2.24) is 5.32 Å². The summed E-state index contributed by atoms with van der Waals surface area (Å²) in [4.78, 5) is 12.1. The SMILES string of the molecule is [2H]c1c([2H])c([2H])c(C(=O)C(CC)NC)c([2H])c1[2H]. The molecule has 0 amide bonds. The van der Waals surface area contributed by atoms with Crippen molar-refractivity contribution in [2.75, 3.05) is 7.05 Å². The largest absolute Gasteiger partial charge is 0.310 e. The minimum Gasteiger partial charge on any atom is -0.310 e. The van der Waals surface area contributed by atoms with Gasteiger partial charge in [0, 0.05) is 5.56 Å². The highest BCUT2D eigenvalue weighted by Gasteiger charge is 2.14. The van der Waals surface area contributed by atoms with Crippen LogP contribution >= 0.6 is 0 Å². The van der Waals surface area contributed by atoms with Crippen LogP contribution in [0.15, 0.2) is 30.2 Å². The monoisotopic (exact) mass is 182 g/mol. The number of likely N-dealkylation sites (N-methyl/N-ethyl adjacent to an activating group) is 1. The van der Waals surface area contributed by atoms with Crippen molar-refractivity contribution < 1.29 is 11.6 Å². The molecule has 0 bridgehead atoms. The third-order valence-electron chi connectivity index (χ3n) is 1.82. The Morgan fingerprint density at radius 1 is 1.54 bits per heavy atom. The van der Waals surface area contributed by atoms with Crippen molar-refractivity contribution in [2.45, 2.75) is 19.4 Å². The van der Waals surface area contributed by atoms with Crippen LogP contribution in [0.3, 0.4) is 0 Å². The maximum absolute atomic E-state index is 12.1. The van der Waals surface area contributed by atoms with E-state index >= 15 is 0 Å². The average molecular weight is 182 g/mol. The molecule has 2 nitrogen and oxygen atoms in total. The Morgan fingerprint density at radius 3 is 2.62 bits per heavy atom. The molecule has 70 valence electrons. The molecule has 13 heavy (non-hydrogen) atoms. The Kier molecular flexibility index (Phi) is 1.80. The fourth-order valence-electron chi connectivity index (χ4n) is 1.07. The summed E-state index contributed by atoms with van der Waals surface area (Å²) in [5.74, 6) is -0.475. The van der Waals surface area contributed by atoms with Gasteiger partial charge in [-0.3, -0.25) is 4.79 Å². The summed E-state index contributed by atoms with van der Waals surface area (Å²) in [7, 11) is 1.60. The summed E-state index contributed by atoms with van der Waals surface area (Å²) in [6.07, 6.45) is 0.484. The predicted molar refractivity (Wildman–Crippen MR) is 53.9 cm³/mol. The van der Waals surface area contributed by atoms with Crippen LogP contribution in [0.5, 0.6) is 0 Å². The van der Waals surface area contributed by atoms with Crippen molar-refractivity contribution in [1.29, 1.82) is 0 Å². The molecular formula is C11H15NO. The van der Waals surface area contributed by atoms with E-state index in [-0.39, 0.29) is 5.56 Å². The number of carbonyl (C=O) groups is 1. The summed E-state index contributed by atoms with van der Waals surface area (Å²) in [6.45, 7) is 1.79. The topological polar surface area (TPSA) is 29.1 Å². The van der Waals surface area contributed by atoms with E-state index in [0.29, 0.717) is 6.42 Å². The maximum Gasteiger partial charge on any atom is 0.179 e. The maximum atomic E-state index is 12.1. The molecule has 0 saturated carbocycles. The fraction of sp³-hybridized carbons (Fsp3) is 0.364. The Labute approximate surface area is 86.0 Å². The quantitative estimate of drug-likeness (QED) is 0.720. The van der Waals surface area contributed by atoms with Crippen molar-refractivity contribution in [3.63, 3.8) is 0 Å². The van der Waals surface area contributed by atoms with Crippen LogP contribution in [-0.2, 0) is 0 Å². The molecule has 0 aliphatic carbocycles. The van der Waals surface area contributed by atoms with E-state index in [2.05, 4.69) is 5.32 Å². The molecule has 0 aliphatic rings. The molecular weight excluding hydrogens is 162 g/mol. The standard InChI is InChI=1S/C11H15NO/c1-3-10(12-2)11(13)9-7-5-4-6-8-9/h4-8,10,12H,3H2,1-2H3/i4D,5D,6D,7D,8D. The Hall–Kier alpha value is -1.15. The second-order valence-electron chi connectivity index (χ2n) is 2.61. The molecule has 1 unspecified atom stereocenters. The van der Waals surface area contributed by atoms with Gasteiger partial charge in [-0.05, 0) is 13.5 Å². The molecule has 0 fully saturated rings. The van der Waals surface area contributed by atoms with Crippen molar-refractivity contribution in [3.05, 3.63) is 35.8 Å². The third kappa shape index (κ3) is 2.39. The lowest BCUT2D eigenvalue weighted by Gasteiger charge is -2.11. The average Bonchev–Trinajstić information content (AvgIpc) is 2.36. The van der Waals surface area contributed by atoms with Gasteiger partial charge in [-0.1, -0.05) is 37.1 Å². The van der Waals surface area contributed by atoms with Crippen LogP contribution in [0, 0.1) is 0 Å². The first kappa shape index (κ1) is 4.91. The van der Waals surface area contributed by atoms with Crippen molar-refractivity contribution in [3.8, 4) is 0 Å². The molecule has 2 heteroatoms. The first-order valence-corrected chi connectivity index (χ1v) is 4.15. The first-order valence-electron chi connectivity index (χ1n) is 6.65. The number of rotatable bonds is 4. The van der Waals surface area contributed by atoms with Crippen LogP contribution in [0.1, 0.15) is 30.6 Å². The minimum absolute atomic E-state index is 0.248. The summed E-state index contributed by atoms with van der Waals surface area (Å²) < 4.78 is 37.8. The van der Waals surface area contributed by atoms with E-state index in [1.165, 1.54) is 0 Å². The van der Waals surface area contributed by atoms with Gasteiger partial charge in [0.2, 0.25) is 0 Å². The third-order valence-corrected chi connectivity index (χ3v) is 1.82. The van der Waals surface area contributed by atoms with Crippen molar-refractivity contribution >= 4 is 5.78 Å². The summed E-state index contributed by atoms with van der Waals surface area (Å²) in [5, 5.41) is 2.77. The van der Waals surface area contributed by atoms with Gasteiger partial charge >= 0.3 is 0 Å². The second kappa shape index (κ2) is 4.77. The highest BCUT2D eigenvalue weighted by atomic mass is 16.1. The van der Waals surface area contributed by atoms with Gasteiger partial charge in [0.1, 0.15) is 0 Å². The number of carbonyl (C=O) groups excluding carboxylic acids is 1. The van der Waals surface area contributed by atoms with Gasteiger partial charge in [0.15, 0.2) is 5.78 Å². The molecule has 0 saturated heterocycles. The van der Waals surface area contributed by atoms with Crippen LogP contribution in [0.2, 0.25) is 0 Å². The lowest BCUT2D eigenvalue weighted by molar-refractivity contribution is 0.0945. The second-order valence-corrected chi connectivity index (χ2v) is 2.61. The van der Waals surface area contributed by atoms with E-state index in [0.717, 1.165) is 0 Å². The molecule has 1 aromatic rings. The molecule has 1 atom stereocenters. The molecule has 0 radical (unpaired) electrons. The van der Waals surface area contributed by atoms with Gasteiger partial charge < -0.3 is 5.32 Å². The smallest absolute Gasteiger partial charge is 0.179 e. The van der Waals surface area contributed by atoms with Gasteiger partial charge in [-0.15, -0.1) is 0 Å². The number of benzene rings is 1. The molecule has 0 spiro atoms. The fourth-order valence-corrected chi connectivity index (χ4v) is 1.07. The normalized spacial score (nSPS) is 17.8. The van der Waals surface area contributed by atoms with Gasteiger partial charge in [0.05, 0.1) is 12.9 Å². The minimum atomic E-state index is -0.548. The molecule has 0 aromatic heterocycles. The molecule has 1 aromatic carbocycles. The zero-order valence-electron chi connectivity index (χ0n) is 12.7. The van der Waals surface area contributed by atoms with Crippen molar-refractivity contribution in [2.24, 2.45) is 0 Å². The Bertz CT molecular complexity index is 456. The number of nitrogens with one attached hydrogen (secondary N) is 1. The molecule has 0 aliphatic heterocycles. The first-order chi connectivity index (χ1) is 8.36. The van der Waals surface area contributed by atoms with Gasteiger partial charge in [-0.2, -0.15) is 0 Å². The molecule has 1 N–H and O–H groups in total. The number of hydrogen-bond donors (Lipinski definition) is 1. The summed E-state index contributed by atoms with van der Waals surface area (Å²) in [6, 6.07) is -2.89. The highest BCUT2D eigenvalue weighted by molar-refractivity contribution is 5.99. The van der Waals surface area contributed by atoms with Crippen LogP contribution in [0.25, 0.3) is 0 Å². The molecule has 1 rings (SSSR count). The van der Waals surface area contributed by atoms with E-state index in [4.69, 9.17) is 6.85 Å². The van der Waals surface area contributed by atoms with Crippen LogP contribution in [-0.4, -0.2) is 18.9 Å². The summed E-state index contributed by atoms with van der Waals surface area (Å²) >= 11 is 0. The van der Waals surface area contributed by atoms with Gasteiger partial charge in [-0.25, -0.2) is 0 Å². The van der Waals surface area contributed by atoms with Gasteiger partial charge in [0.25, 0.3) is 0 Å². The Morgan fingerprint density at radius 2 is 2.15 bits per heavy atom. The Balaban J connectivity index is 3.46. The highest BCUT2D eigenvalue weighted by Crippen LogP contribution is 2.05. The lowest BCUT2D eigenvalue weighted by Crippen LogP contribution is -2.33. The number of ketones is 1. The van der Waals surface area contributed by atoms with Crippen LogP contribution < -0.4 is 5.32 Å². The van der Waals surface area contributed by atoms with E-state index in [1.54, 1.807) is 14.0 Å². The number of hydrogen-bond acceptors (Lipinski definition) is 2. The number of Topliss-reactive ketones (excluding diaryl/α,β-unsaturated/α-hetero) is 1. The van der Waals surface area contributed by atoms with Crippen LogP contribution in [0.4, 0.5) is 0 Å². The van der Waals surface area contributed by atoms with E-state index < -0.39 is 42.0 Å².